The molecule has 138 valence electrons. The summed E-state index contributed by atoms with van der Waals surface area (Å²) in [7, 11) is 0. The van der Waals surface area contributed by atoms with Crippen LogP contribution in [0.2, 0.25) is 5.02 Å². The van der Waals surface area contributed by atoms with Gasteiger partial charge in [0.05, 0.1) is 5.75 Å². The maximum atomic E-state index is 11.9. The van der Waals surface area contributed by atoms with Gasteiger partial charge in [-0.1, -0.05) is 29.4 Å². The van der Waals surface area contributed by atoms with E-state index >= 15 is 0 Å². The lowest BCUT2D eigenvalue weighted by molar-refractivity contribution is -0.118. The largest absolute Gasteiger partial charge is 0.486 e. The number of hydrogen-bond acceptors (Lipinski definition) is 5. The average Bonchev–Trinajstić information content (AvgIpc) is 3.35. The van der Waals surface area contributed by atoms with Crippen LogP contribution in [0.3, 0.4) is 0 Å². The van der Waals surface area contributed by atoms with Crippen LogP contribution in [0.25, 0.3) is 0 Å². The Morgan fingerprint density at radius 3 is 3.00 bits per heavy atom. The van der Waals surface area contributed by atoms with E-state index in [4.69, 9.17) is 16.3 Å². The third-order valence-electron chi connectivity index (χ3n) is 3.88. The smallest absolute Gasteiger partial charge is 0.230 e. The van der Waals surface area contributed by atoms with Crippen molar-refractivity contribution in [2.75, 3.05) is 5.75 Å². The first-order valence-electron chi connectivity index (χ1n) is 8.41. The zero-order chi connectivity index (χ0) is 18.5. The van der Waals surface area contributed by atoms with Crippen molar-refractivity contribution in [3.63, 3.8) is 0 Å². The Morgan fingerprint density at radius 1 is 1.50 bits per heavy atom. The molecule has 3 rings (SSSR count). The minimum Gasteiger partial charge on any atom is -0.486 e. The number of amides is 1. The van der Waals surface area contributed by atoms with Crippen LogP contribution in [0.1, 0.15) is 24.2 Å². The van der Waals surface area contributed by atoms with Gasteiger partial charge in [0.2, 0.25) is 5.91 Å². The van der Waals surface area contributed by atoms with E-state index in [2.05, 4.69) is 22.1 Å². The second kappa shape index (κ2) is 8.60. The summed E-state index contributed by atoms with van der Waals surface area (Å²) in [5.74, 6) is 1.75. The second-order valence-electron chi connectivity index (χ2n) is 6.13. The third kappa shape index (κ3) is 5.02. The molecule has 0 radical (unpaired) electrons. The van der Waals surface area contributed by atoms with Crippen molar-refractivity contribution in [3.8, 4) is 5.75 Å². The highest BCUT2D eigenvalue weighted by Gasteiger charge is 2.23. The molecular formula is C18H21ClN4O2S. The van der Waals surface area contributed by atoms with Crippen molar-refractivity contribution >= 4 is 29.3 Å². The van der Waals surface area contributed by atoms with Crippen LogP contribution in [0.5, 0.6) is 5.75 Å². The molecule has 1 aliphatic carbocycles. The van der Waals surface area contributed by atoms with Gasteiger partial charge in [-0.3, -0.25) is 9.36 Å². The van der Waals surface area contributed by atoms with E-state index in [1.165, 1.54) is 11.8 Å². The molecule has 26 heavy (non-hydrogen) atoms. The minimum atomic E-state index is 0.0279. The van der Waals surface area contributed by atoms with Crippen LogP contribution in [0.15, 0.2) is 36.0 Å². The van der Waals surface area contributed by atoms with E-state index in [-0.39, 0.29) is 12.5 Å². The number of carbonyl (C=O) groups is 1. The summed E-state index contributed by atoms with van der Waals surface area (Å²) in [6, 6.07) is 5.87. The molecule has 1 saturated carbocycles. The number of ether oxygens (including phenoxy) is 1. The van der Waals surface area contributed by atoms with E-state index < -0.39 is 0 Å². The molecule has 1 amide bonds. The van der Waals surface area contributed by atoms with Crippen molar-refractivity contribution in [2.24, 2.45) is 0 Å². The number of rotatable bonds is 9. The number of aromatic nitrogens is 3. The molecule has 0 unspecified atom stereocenters. The summed E-state index contributed by atoms with van der Waals surface area (Å²) in [5.41, 5.74) is 0.953. The maximum Gasteiger partial charge on any atom is 0.230 e. The number of allylic oxidation sites excluding steroid dienone is 1. The van der Waals surface area contributed by atoms with Gasteiger partial charge in [-0.15, -0.1) is 16.8 Å². The summed E-state index contributed by atoms with van der Waals surface area (Å²) in [6.45, 7) is 6.54. The van der Waals surface area contributed by atoms with Gasteiger partial charge < -0.3 is 10.1 Å². The second-order valence-corrected chi connectivity index (χ2v) is 7.48. The highest BCUT2D eigenvalue weighted by atomic mass is 35.5. The highest BCUT2D eigenvalue weighted by Crippen LogP contribution is 2.23. The summed E-state index contributed by atoms with van der Waals surface area (Å²) in [6.07, 6.45) is 3.93. The number of hydrogen-bond donors (Lipinski definition) is 1. The van der Waals surface area contributed by atoms with Crippen LogP contribution in [-0.2, 0) is 17.9 Å². The molecule has 6 nitrogen and oxygen atoms in total. The molecule has 0 bridgehead atoms. The van der Waals surface area contributed by atoms with E-state index in [0.29, 0.717) is 34.3 Å². The Bertz CT molecular complexity index is 804. The number of benzene rings is 1. The molecule has 1 aromatic carbocycles. The van der Waals surface area contributed by atoms with Gasteiger partial charge in [-0.05, 0) is 43.5 Å². The Labute approximate surface area is 162 Å². The molecule has 0 saturated heterocycles. The topological polar surface area (TPSA) is 69.0 Å². The number of halogens is 1. The van der Waals surface area contributed by atoms with Gasteiger partial charge in [0.15, 0.2) is 11.0 Å². The first-order valence-corrected chi connectivity index (χ1v) is 9.77. The van der Waals surface area contributed by atoms with Gasteiger partial charge in [0, 0.05) is 17.6 Å². The van der Waals surface area contributed by atoms with Crippen LogP contribution in [0.4, 0.5) is 0 Å². The predicted octanol–water partition coefficient (Wildman–Crippen LogP) is 3.38. The van der Waals surface area contributed by atoms with E-state index in [1.54, 1.807) is 12.1 Å². The number of nitrogens with zero attached hydrogens (tertiary/aromatic N) is 3. The minimum absolute atomic E-state index is 0.0279. The Kier molecular flexibility index (Phi) is 6.21. The summed E-state index contributed by atoms with van der Waals surface area (Å²) in [5, 5.41) is 12.7. The lowest BCUT2D eigenvalue weighted by Crippen LogP contribution is -2.27. The summed E-state index contributed by atoms with van der Waals surface area (Å²) in [4.78, 5) is 11.9. The molecular weight excluding hydrogens is 372 g/mol. The fourth-order valence-electron chi connectivity index (χ4n) is 2.33. The van der Waals surface area contributed by atoms with Crippen molar-refractivity contribution < 1.29 is 9.53 Å². The third-order valence-corrected chi connectivity index (χ3v) is 5.27. The average molecular weight is 393 g/mol. The zero-order valence-electron chi connectivity index (χ0n) is 14.6. The van der Waals surface area contributed by atoms with Crippen LogP contribution >= 0.6 is 23.4 Å². The monoisotopic (exact) mass is 392 g/mol. The number of carbonyl (C=O) groups excluding carboxylic acids is 1. The van der Waals surface area contributed by atoms with Crippen LogP contribution in [-0.4, -0.2) is 32.5 Å². The normalized spacial score (nSPS) is 13.5. The Morgan fingerprint density at radius 2 is 2.31 bits per heavy atom. The number of thioether (sulfide) groups is 1. The lowest BCUT2D eigenvalue weighted by atomic mass is 10.2. The van der Waals surface area contributed by atoms with Gasteiger partial charge in [-0.25, -0.2) is 0 Å². The van der Waals surface area contributed by atoms with Crippen LogP contribution in [0, 0.1) is 6.92 Å². The standard InChI is InChI=1S/C18H21ClN4O2S/c1-3-8-23-16(10-25-14-6-7-15(19)12(2)9-14)21-22-18(23)26-11-17(24)20-13-4-5-13/h3,6-7,9,13H,1,4-5,8,10-11H2,2H3,(H,20,24). The molecule has 1 aliphatic rings. The molecule has 0 spiro atoms. The molecule has 1 N–H and O–H groups in total. The molecule has 0 aliphatic heterocycles. The molecule has 1 aromatic heterocycles. The highest BCUT2D eigenvalue weighted by molar-refractivity contribution is 7.99. The first-order chi connectivity index (χ1) is 12.6. The van der Waals surface area contributed by atoms with E-state index in [1.807, 2.05) is 23.6 Å². The van der Waals surface area contributed by atoms with E-state index in [9.17, 15) is 4.79 Å². The Balaban J connectivity index is 1.62. The van der Waals surface area contributed by atoms with Crippen molar-refractivity contribution in [1.82, 2.24) is 20.1 Å². The van der Waals surface area contributed by atoms with Gasteiger partial charge in [0.25, 0.3) is 0 Å². The van der Waals surface area contributed by atoms with Crippen molar-refractivity contribution in [1.29, 1.82) is 0 Å². The van der Waals surface area contributed by atoms with Gasteiger partial charge in [0.1, 0.15) is 12.4 Å². The van der Waals surface area contributed by atoms with Gasteiger partial charge in [-0.2, -0.15) is 0 Å². The maximum absolute atomic E-state index is 11.9. The number of nitrogens with one attached hydrogen (secondary N) is 1. The SMILES string of the molecule is C=CCn1c(COc2ccc(Cl)c(C)c2)nnc1SCC(=O)NC1CC1. The zero-order valence-corrected chi connectivity index (χ0v) is 16.1. The van der Waals surface area contributed by atoms with Crippen LogP contribution < -0.4 is 10.1 Å². The molecule has 8 heteroatoms. The summed E-state index contributed by atoms with van der Waals surface area (Å²) >= 11 is 7.40. The molecule has 0 atom stereocenters. The predicted molar refractivity (Wildman–Crippen MR) is 103 cm³/mol. The van der Waals surface area contributed by atoms with Crippen molar-refractivity contribution in [2.45, 2.75) is 44.1 Å². The summed E-state index contributed by atoms with van der Waals surface area (Å²) < 4.78 is 7.72. The van der Waals surface area contributed by atoms with E-state index in [0.717, 1.165) is 24.2 Å². The van der Waals surface area contributed by atoms with Gasteiger partial charge >= 0.3 is 0 Å². The lowest BCUT2D eigenvalue weighted by Gasteiger charge is -2.10. The molecule has 1 heterocycles. The first kappa shape index (κ1) is 18.8. The molecule has 1 fully saturated rings. The Hall–Kier alpha value is -1.99. The quantitative estimate of drug-likeness (QED) is 0.523. The number of aryl methyl sites for hydroxylation is 1. The molecule has 2 aromatic rings. The van der Waals surface area contributed by atoms with Crippen molar-refractivity contribution in [3.05, 3.63) is 47.3 Å². The fourth-order valence-corrected chi connectivity index (χ4v) is 3.22. The fraction of sp³-hybridized carbons (Fsp3) is 0.389.